The molecule has 1 aliphatic rings. The van der Waals surface area contributed by atoms with Gasteiger partial charge in [0, 0.05) is 26.2 Å². The average molecular weight is 406 g/mol. The number of nitrogens with zero attached hydrogens (tertiary/aromatic N) is 2. The Kier molecular flexibility index (Phi) is 6.00. The quantitative estimate of drug-likeness (QED) is 0.765. The predicted octanol–water partition coefficient (Wildman–Crippen LogP) is 2.35. The molecular formula is C20H23FN2O4S. The Hall–Kier alpha value is -2.45. The van der Waals surface area contributed by atoms with E-state index >= 15 is 0 Å². The molecule has 2 aromatic rings. The Morgan fingerprint density at radius 3 is 2.36 bits per heavy atom. The number of hydrogen-bond donors (Lipinski definition) is 0. The van der Waals surface area contributed by atoms with Gasteiger partial charge in [0.05, 0.1) is 4.90 Å². The van der Waals surface area contributed by atoms with Crippen LogP contribution in [-0.4, -0.2) is 56.3 Å². The van der Waals surface area contributed by atoms with Crippen LogP contribution < -0.4 is 4.74 Å². The molecule has 0 radical (unpaired) electrons. The summed E-state index contributed by atoms with van der Waals surface area (Å²) < 4.78 is 45.8. The van der Waals surface area contributed by atoms with Crippen LogP contribution in [0.3, 0.4) is 0 Å². The van der Waals surface area contributed by atoms with Gasteiger partial charge in [0.15, 0.2) is 18.2 Å². The molecule has 0 bridgehead atoms. The zero-order valence-corrected chi connectivity index (χ0v) is 16.7. The van der Waals surface area contributed by atoms with Crippen molar-refractivity contribution in [2.75, 3.05) is 32.8 Å². The second-order valence-corrected chi connectivity index (χ2v) is 8.69. The predicted molar refractivity (Wildman–Crippen MR) is 103 cm³/mol. The third kappa shape index (κ3) is 4.34. The van der Waals surface area contributed by atoms with E-state index in [0.29, 0.717) is 0 Å². The molecule has 0 atom stereocenters. The van der Waals surface area contributed by atoms with E-state index in [9.17, 15) is 17.6 Å². The van der Waals surface area contributed by atoms with Gasteiger partial charge in [-0.25, -0.2) is 12.8 Å². The number of halogens is 1. The molecule has 1 heterocycles. The van der Waals surface area contributed by atoms with Crippen LogP contribution in [0, 0.1) is 19.7 Å². The molecule has 1 saturated heterocycles. The standard InChI is InChI=1S/C20H23FN2O4S/c1-15-7-8-17(13-16(15)2)28(25,26)23-11-9-22(10-12-23)20(24)14-27-19-6-4-3-5-18(19)21/h3-8,13H,9-12,14H2,1-2H3. The van der Waals surface area contributed by atoms with Gasteiger partial charge in [-0.2, -0.15) is 4.31 Å². The average Bonchev–Trinajstić information content (AvgIpc) is 2.69. The van der Waals surface area contributed by atoms with E-state index in [1.165, 1.54) is 21.3 Å². The first-order chi connectivity index (χ1) is 13.3. The monoisotopic (exact) mass is 406 g/mol. The first kappa shape index (κ1) is 20.3. The highest BCUT2D eigenvalue weighted by atomic mass is 32.2. The van der Waals surface area contributed by atoms with Crippen molar-refractivity contribution >= 4 is 15.9 Å². The van der Waals surface area contributed by atoms with Crippen LogP contribution in [0.1, 0.15) is 11.1 Å². The van der Waals surface area contributed by atoms with Crippen LogP contribution >= 0.6 is 0 Å². The number of para-hydroxylation sites is 1. The summed E-state index contributed by atoms with van der Waals surface area (Å²) in [4.78, 5) is 14.1. The van der Waals surface area contributed by atoms with Crippen molar-refractivity contribution in [2.24, 2.45) is 0 Å². The molecule has 0 spiro atoms. The van der Waals surface area contributed by atoms with Crippen molar-refractivity contribution in [3.63, 3.8) is 0 Å². The molecule has 1 aliphatic heterocycles. The fourth-order valence-corrected chi connectivity index (χ4v) is 4.50. The van der Waals surface area contributed by atoms with Crippen molar-refractivity contribution in [3.8, 4) is 5.75 Å². The number of amides is 1. The van der Waals surface area contributed by atoms with Gasteiger partial charge in [0.1, 0.15) is 0 Å². The highest BCUT2D eigenvalue weighted by Crippen LogP contribution is 2.21. The zero-order valence-electron chi connectivity index (χ0n) is 15.9. The molecule has 6 nitrogen and oxygen atoms in total. The lowest BCUT2D eigenvalue weighted by Gasteiger charge is -2.34. The van der Waals surface area contributed by atoms with Gasteiger partial charge in [-0.15, -0.1) is 0 Å². The Bertz CT molecular complexity index is 970. The summed E-state index contributed by atoms with van der Waals surface area (Å²) in [5, 5.41) is 0. The van der Waals surface area contributed by atoms with Gasteiger partial charge in [-0.3, -0.25) is 4.79 Å². The number of ether oxygens (including phenoxy) is 1. The van der Waals surface area contributed by atoms with Crippen molar-refractivity contribution in [1.82, 2.24) is 9.21 Å². The van der Waals surface area contributed by atoms with Crippen molar-refractivity contribution in [3.05, 3.63) is 59.4 Å². The maximum Gasteiger partial charge on any atom is 0.260 e. The minimum absolute atomic E-state index is 0.0202. The number of sulfonamides is 1. The fraction of sp³-hybridized carbons (Fsp3) is 0.350. The van der Waals surface area contributed by atoms with E-state index < -0.39 is 15.8 Å². The number of aryl methyl sites for hydroxylation is 2. The van der Waals surface area contributed by atoms with Crippen molar-refractivity contribution in [1.29, 1.82) is 0 Å². The number of rotatable bonds is 5. The fourth-order valence-electron chi connectivity index (χ4n) is 2.99. The van der Waals surface area contributed by atoms with Gasteiger partial charge in [-0.1, -0.05) is 18.2 Å². The van der Waals surface area contributed by atoms with E-state index in [0.717, 1.165) is 11.1 Å². The Labute approximate surface area is 164 Å². The number of piperazine rings is 1. The van der Waals surface area contributed by atoms with E-state index in [1.807, 2.05) is 13.8 Å². The summed E-state index contributed by atoms with van der Waals surface area (Å²) in [6.45, 7) is 4.47. The summed E-state index contributed by atoms with van der Waals surface area (Å²) in [6, 6.07) is 11.0. The van der Waals surface area contributed by atoms with Crippen molar-refractivity contribution in [2.45, 2.75) is 18.7 Å². The SMILES string of the molecule is Cc1ccc(S(=O)(=O)N2CCN(C(=O)COc3ccccc3F)CC2)cc1C. The molecule has 0 saturated carbocycles. The van der Waals surface area contributed by atoms with Gasteiger partial charge in [0.25, 0.3) is 5.91 Å². The maximum absolute atomic E-state index is 13.6. The lowest BCUT2D eigenvalue weighted by Crippen LogP contribution is -2.51. The smallest absolute Gasteiger partial charge is 0.260 e. The normalized spacial score (nSPS) is 15.5. The van der Waals surface area contributed by atoms with Crippen molar-refractivity contribution < 1.29 is 22.3 Å². The third-order valence-corrected chi connectivity index (χ3v) is 6.79. The third-order valence-electron chi connectivity index (χ3n) is 4.90. The molecular weight excluding hydrogens is 383 g/mol. The van der Waals surface area contributed by atoms with E-state index in [-0.39, 0.29) is 49.3 Å². The Morgan fingerprint density at radius 1 is 1.04 bits per heavy atom. The molecule has 1 fully saturated rings. The van der Waals surface area contributed by atoms with E-state index in [4.69, 9.17) is 4.74 Å². The number of carbonyl (C=O) groups is 1. The summed E-state index contributed by atoms with van der Waals surface area (Å²) in [7, 11) is -3.60. The van der Waals surface area contributed by atoms with E-state index in [1.54, 1.807) is 30.3 Å². The minimum Gasteiger partial charge on any atom is -0.481 e. The highest BCUT2D eigenvalue weighted by Gasteiger charge is 2.30. The Morgan fingerprint density at radius 2 is 1.71 bits per heavy atom. The van der Waals surface area contributed by atoms with Gasteiger partial charge in [0.2, 0.25) is 10.0 Å². The van der Waals surface area contributed by atoms with Gasteiger partial charge < -0.3 is 9.64 Å². The summed E-state index contributed by atoms with van der Waals surface area (Å²) in [5.74, 6) is -0.808. The molecule has 8 heteroatoms. The zero-order chi connectivity index (χ0) is 20.3. The lowest BCUT2D eigenvalue weighted by molar-refractivity contribution is -0.134. The summed E-state index contributed by atoms with van der Waals surface area (Å²) >= 11 is 0. The molecule has 0 aliphatic carbocycles. The largest absolute Gasteiger partial charge is 0.481 e. The molecule has 2 aromatic carbocycles. The van der Waals surface area contributed by atoms with Crippen LogP contribution in [0.5, 0.6) is 5.75 Å². The van der Waals surface area contributed by atoms with Crippen LogP contribution in [0.15, 0.2) is 47.4 Å². The summed E-state index contributed by atoms with van der Waals surface area (Å²) in [5.41, 5.74) is 1.95. The molecule has 0 N–H and O–H groups in total. The maximum atomic E-state index is 13.6. The van der Waals surface area contributed by atoms with Crippen LogP contribution in [0.25, 0.3) is 0 Å². The second kappa shape index (κ2) is 8.28. The second-order valence-electron chi connectivity index (χ2n) is 6.75. The molecule has 28 heavy (non-hydrogen) atoms. The van der Waals surface area contributed by atoms with Crippen LogP contribution in [-0.2, 0) is 14.8 Å². The minimum atomic E-state index is -3.60. The Balaban J connectivity index is 1.58. The first-order valence-corrected chi connectivity index (χ1v) is 10.5. The summed E-state index contributed by atoms with van der Waals surface area (Å²) in [6.07, 6.45) is 0. The molecule has 0 aromatic heterocycles. The highest BCUT2D eigenvalue weighted by molar-refractivity contribution is 7.89. The van der Waals surface area contributed by atoms with E-state index in [2.05, 4.69) is 0 Å². The first-order valence-electron chi connectivity index (χ1n) is 9.01. The number of carbonyl (C=O) groups excluding carboxylic acids is 1. The lowest BCUT2D eigenvalue weighted by atomic mass is 10.1. The van der Waals surface area contributed by atoms with Crippen LogP contribution in [0.2, 0.25) is 0 Å². The van der Waals surface area contributed by atoms with Crippen LogP contribution in [0.4, 0.5) is 4.39 Å². The molecule has 150 valence electrons. The molecule has 1 amide bonds. The number of benzene rings is 2. The number of hydrogen-bond acceptors (Lipinski definition) is 4. The topological polar surface area (TPSA) is 66.9 Å². The molecule has 0 unspecified atom stereocenters. The van der Waals surface area contributed by atoms with Gasteiger partial charge >= 0.3 is 0 Å². The van der Waals surface area contributed by atoms with Gasteiger partial charge in [-0.05, 0) is 49.2 Å². The molecule has 3 rings (SSSR count).